The van der Waals surface area contributed by atoms with Crippen LogP contribution in [-0.4, -0.2) is 29.2 Å². The number of nitrogens with zero attached hydrogens (tertiary/aromatic N) is 3. The zero-order valence-electron chi connectivity index (χ0n) is 18.5. The monoisotopic (exact) mass is 459 g/mol. The van der Waals surface area contributed by atoms with E-state index >= 15 is 0 Å². The molecule has 2 aliphatic rings. The maximum Gasteiger partial charge on any atom is 0.393 e. The van der Waals surface area contributed by atoms with Crippen LogP contribution in [0.4, 0.5) is 19.0 Å². The van der Waals surface area contributed by atoms with Gasteiger partial charge in [-0.2, -0.15) is 13.2 Å². The molecule has 1 atom stereocenters. The van der Waals surface area contributed by atoms with Crippen molar-refractivity contribution in [3.63, 3.8) is 0 Å². The normalized spacial score (nSPS) is 20.8. The number of anilines is 1. The first-order valence-electron chi connectivity index (χ1n) is 11.2. The molecule has 1 aliphatic carbocycles. The molecule has 170 valence electrons. The van der Waals surface area contributed by atoms with Gasteiger partial charge in [0.15, 0.2) is 0 Å². The Balaban J connectivity index is 1.26. The number of alkyl halides is 3. The molecule has 3 nitrogen and oxygen atoms in total. The van der Waals surface area contributed by atoms with Crippen molar-refractivity contribution in [2.24, 2.45) is 11.3 Å². The fourth-order valence-corrected chi connectivity index (χ4v) is 6.88. The number of hydrogen-bond acceptors (Lipinski definition) is 4. The number of fused-ring (bicyclic) bond motifs is 1. The minimum absolute atomic E-state index is 0.158. The second-order valence-electron chi connectivity index (χ2n) is 10.3. The topological polar surface area (TPSA) is 29.0 Å². The van der Waals surface area contributed by atoms with Crippen molar-refractivity contribution in [2.45, 2.75) is 57.5 Å². The number of thiophene rings is 1. The molecule has 0 unspecified atom stereocenters. The molecule has 0 N–H and O–H groups in total. The van der Waals surface area contributed by atoms with Crippen LogP contribution in [0, 0.1) is 11.3 Å². The maximum atomic E-state index is 12.8. The quantitative estimate of drug-likeness (QED) is 0.422. The highest BCUT2D eigenvalue weighted by Crippen LogP contribution is 2.52. The number of hydrogen-bond donors (Lipinski definition) is 0. The molecule has 0 radical (unpaired) electrons. The number of benzene rings is 1. The highest BCUT2D eigenvalue weighted by molar-refractivity contribution is 7.18. The predicted octanol–water partition coefficient (Wildman–Crippen LogP) is 6.77. The van der Waals surface area contributed by atoms with E-state index in [1.165, 1.54) is 37.6 Å². The van der Waals surface area contributed by atoms with Crippen LogP contribution in [0.25, 0.3) is 10.2 Å². The number of halogens is 3. The third-order valence-electron chi connectivity index (χ3n) is 7.25. The second-order valence-corrected chi connectivity index (χ2v) is 11.5. The molecule has 1 aromatic carbocycles. The lowest BCUT2D eigenvalue weighted by molar-refractivity contribution is -0.126. The van der Waals surface area contributed by atoms with Gasteiger partial charge in [-0.15, -0.1) is 11.3 Å². The van der Waals surface area contributed by atoms with Crippen LogP contribution < -0.4 is 4.90 Å². The SMILES string of the molecule is CC(C)(C[C@@H]1CCC2(C1)CN(c1ncnc3sc(CC(F)(F)F)cc13)C2)c1ccccc1. The van der Waals surface area contributed by atoms with Crippen LogP contribution in [0.1, 0.15) is 50.0 Å². The summed E-state index contributed by atoms with van der Waals surface area (Å²) in [7, 11) is 0. The van der Waals surface area contributed by atoms with E-state index in [4.69, 9.17) is 0 Å². The van der Waals surface area contributed by atoms with Crippen LogP contribution >= 0.6 is 11.3 Å². The fourth-order valence-electron chi connectivity index (χ4n) is 5.86. The van der Waals surface area contributed by atoms with Gasteiger partial charge >= 0.3 is 6.18 Å². The molecule has 2 aromatic heterocycles. The Kier molecular flexibility index (Phi) is 5.23. The molecular weight excluding hydrogens is 431 g/mol. The lowest BCUT2D eigenvalue weighted by Gasteiger charge is -2.49. The predicted molar refractivity (Wildman–Crippen MR) is 123 cm³/mol. The zero-order valence-corrected chi connectivity index (χ0v) is 19.3. The molecule has 0 amide bonds. The van der Waals surface area contributed by atoms with Crippen molar-refractivity contribution in [3.05, 3.63) is 53.2 Å². The first kappa shape index (κ1) is 21.7. The molecule has 1 aliphatic heterocycles. The summed E-state index contributed by atoms with van der Waals surface area (Å²) in [5, 5.41) is 0.756. The molecule has 1 spiro atoms. The molecule has 1 saturated carbocycles. The van der Waals surface area contributed by atoms with Crippen molar-refractivity contribution in [3.8, 4) is 0 Å². The fraction of sp³-hybridized carbons (Fsp3) is 0.520. The Bertz CT molecular complexity index is 1100. The van der Waals surface area contributed by atoms with Gasteiger partial charge in [-0.1, -0.05) is 44.2 Å². The lowest BCUT2D eigenvalue weighted by atomic mass is 9.73. The standard InChI is InChI=1S/C25H28F3N3S/c1-23(2,18-6-4-3-5-7-18)11-17-8-9-24(12-17)14-31(15-24)21-20-10-19(13-25(26,27)28)32-22(20)30-16-29-21/h3-7,10,16-17H,8-9,11-15H2,1-2H3/t17-/m0/s1. The van der Waals surface area contributed by atoms with Crippen LogP contribution in [-0.2, 0) is 11.8 Å². The second kappa shape index (κ2) is 7.72. The van der Waals surface area contributed by atoms with Crippen molar-refractivity contribution in [1.82, 2.24) is 9.97 Å². The summed E-state index contributed by atoms with van der Waals surface area (Å²) in [6.45, 7) is 6.55. The van der Waals surface area contributed by atoms with E-state index in [0.717, 1.165) is 35.6 Å². The molecule has 32 heavy (non-hydrogen) atoms. The van der Waals surface area contributed by atoms with Gasteiger partial charge in [0.2, 0.25) is 0 Å². The summed E-state index contributed by atoms with van der Waals surface area (Å²) in [5.41, 5.74) is 1.87. The van der Waals surface area contributed by atoms with Crippen molar-refractivity contribution in [2.75, 3.05) is 18.0 Å². The summed E-state index contributed by atoms with van der Waals surface area (Å²) < 4.78 is 38.5. The smallest absolute Gasteiger partial charge is 0.355 e. The van der Waals surface area contributed by atoms with E-state index in [0.29, 0.717) is 21.0 Å². The highest BCUT2D eigenvalue weighted by Gasteiger charge is 2.49. The van der Waals surface area contributed by atoms with Gasteiger partial charge in [0.25, 0.3) is 0 Å². The van der Waals surface area contributed by atoms with E-state index in [1.807, 2.05) is 0 Å². The minimum atomic E-state index is -4.21. The molecule has 7 heteroatoms. The molecule has 1 saturated heterocycles. The molecular formula is C25H28F3N3S. The number of rotatable bonds is 5. The van der Waals surface area contributed by atoms with Crippen molar-refractivity contribution in [1.29, 1.82) is 0 Å². The Morgan fingerprint density at radius 1 is 1.12 bits per heavy atom. The summed E-state index contributed by atoms with van der Waals surface area (Å²) >= 11 is 1.12. The summed E-state index contributed by atoms with van der Waals surface area (Å²) in [6.07, 6.45) is 1.24. The van der Waals surface area contributed by atoms with Gasteiger partial charge < -0.3 is 4.90 Å². The van der Waals surface area contributed by atoms with E-state index in [9.17, 15) is 13.2 Å². The van der Waals surface area contributed by atoms with Crippen LogP contribution in [0.5, 0.6) is 0 Å². The van der Waals surface area contributed by atoms with E-state index in [2.05, 4.69) is 59.0 Å². The van der Waals surface area contributed by atoms with Gasteiger partial charge in [-0.25, -0.2) is 9.97 Å². The van der Waals surface area contributed by atoms with Gasteiger partial charge in [-0.05, 0) is 48.6 Å². The van der Waals surface area contributed by atoms with E-state index in [1.54, 1.807) is 6.07 Å². The molecule has 3 heterocycles. The van der Waals surface area contributed by atoms with Gasteiger partial charge in [0, 0.05) is 23.4 Å². The first-order valence-corrected chi connectivity index (χ1v) is 12.0. The Labute approximate surface area is 190 Å². The Morgan fingerprint density at radius 3 is 2.59 bits per heavy atom. The van der Waals surface area contributed by atoms with Crippen molar-refractivity contribution >= 4 is 27.4 Å². The van der Waals surface area contributed by atoms with Crippen LogP contribution in [0.3, 0.4) is 0 Å². The lowest BCUT2D eigenvalue weighted by Crippen LogP contribution is -2.55. The summed E-state index contributed by atoms with van der Waals surface area (Å²) in [4.78, 5) is 11.8. The number of aromatic nitrogens is 2. The molecule has 3 aromatic rings. The Hall–Kier alpha value is -2.15. The zero-order chi connectivity index (χ0) is 22.6. The molecule has 5 rings (SSSR count). The maximum absolute atomic E-state index is 12.8. The average Bonchev–Trinajstić information content (AvgIpc) is 3.29. The third kappa shape index (κ3) is 4.24. The van der Waals surface area contributed by atoms with Crippen LogP contribution in [0.2, 0.25) is 0 Å². The average molecular weight is 460 g/mol. The van der Waals surface area contributed by atoms with Gasteiger partial charge in [-0.3, -0.25) is 0 Å². The minimum Gasteiger partial charge on any atom is -0.355 e. The highest BCUT2D eigenvalue weighted by atomic mass is 32.1. The summed E-state index contributed by atoms with van der Waals surface area (Å²) in [5.74, 6) is 1.50. The first-order chi connectivity index (χ1) is 15.1. The largest absolute Gasteiger partial charge is 0.393 e. The van der Waals surface area contributed by atoms with E-state index in [-0.39, 0.29) is 5.41 Å². The van der Waals surface area contributed by atoms with Gasteiger partial charge in [0.1, 0.15) is 17.0 Å². The van der Waals surface area contributed by atoms with Crippen molar-refractivity contribution < 1.29 is 13.2 Å². The molecule has 0 bridgehead atoms. The Morgan fingerprint density at radius 2 is 1.88 bits per heavy atom. The van der Waals surface area contributed by atoms with Crippen LogP contribution in [0.15, 0.2) is 42.7 Å². The third-order valence-corrected chi connectivity index (χ3v) is 8.29. The summed E-state index contributed by atoms with van der Waals surface area (Å²) in [6, 6.07) is 12.4. The molecule has 2 fully saturated rings. The van der Waals surface area contributed by atoms with E-state index < -0.39 is 12.6 Å². The van der Waals surface area contributed by atoms with Gasteiger partial charge in [0.05, 0.1) is 11.8 Å².